The first-order valence-corrected chi connectivity index (χ1v) is 23.7. The number of pyridine rings is 2. The van der Waals surface area contributed by atoms with Crippen molar-refractivity contribution in [3.05, 3.63) is 131 Å². The molecule has 14 heteroatoms. The lowest BCUT2D eigenvalue weighted by Gasteiger charge is -2.19. The molecule has 2 aromatic carbocycles. The van der Waals surface area contributed by atoms with Crippen LogP contribution in [-0.2, 0) is 30.0 Å². The molecule has 2 aliphatic heterocycles. The summed E-state index contributed by atoms with van der Waals surface area (Å²) in [5.41, 5.74) is 13.7. The van der Waals surface area contributed by atoms with Crippen LogP contribution in [0.15, 0.2) is 97.1 Å². The summed E-state index contributed by atoms with van der Waals surface area (Å²) in [6.07, 6.45) is 7.87. The lowest BCUT2D eigenvalue weighted by molar-refractivity contribution is -0.115. The van der Waals surface area contributed by atoms with Crippen LogP contribution in [0.4, 0.5) is 23.3 Å². The van der Waals surface area contributed by atoms with Gasteiger partial charge in [-0.3, -0.25) is 19.2 Å². The first-order valence-electron chi connectivity index (χ1n) is 23.7. The topological polar surface area (TPSA) is 200 Å². The average molecular weight is 957 g/mol. The maximum absolute atomic E-state index is 12.5. The molecule has 6 N–H and O–H groups in total. The van der Waals surface area contributed by atoms with Crippen LogP contribution in [-0.4, -0.2) is 53.5 Å². The number of H-pyrrole nitrogens is 2. The van der Waals surface area contributed by atoms with Gasteiger partial charge in [0.05, 0.1) is 22.8 Å². The van der Waals surface area contributed by atoms with Gasteiger partial charge in [-0.15, -0.1) is 0 Å². The molecule has 9 rings (SSSR count). The molecule has 362 valence electrons. The van der Waals surface area contributed by atoms with Gasteiger partial charge in [0, 0.05) is 72.0 Å². The van der Waals surface area contributed by atoms with E-state index in [1.807, 2.05) is 48.6 Å². The molecule has 0 unspecified atom stereocenters. The van der Waals surface area contributed by atoms with Gasteiger partial charge in [-0.25, -0.2) is 19.9 Å². The number of amides is 4. The molecule has 14 nitrogen and oxygen atoms in total. The Balaban J connectivity index is 1.46. The van der Waals surface area contributed by atoms with Crippen molar-refractivity contribution in [1.82, 2.24) is 29.9 Å². The molecule has 5 aromatic heterocycles. The Morgan fingerprint density at radius 2 is 0.639 bits per heavy atom. The van der Waals surface area contributed by atoms with Crippen molar-refractivity contribution >= 4 is 93.3 Å². The largest absolute Gasteiger partial charge is 0.354 e. The van der Waals surface area contributed by atoms with Crippen LogP contribution in [0, 0.1) is 0 Å². The Morgan fingerprint density at radius 3 is 0.931 bits per heavy atom. The van der Waals surface area contributed by atoms with Gasteiger partial charge in [0.2, 0.25) is 23.6 Å². The van der Waals surface area contributed by atoms with Crippen molar-refractivity contribution in [3.8, 4) is 44.5 Å². The zero-order chi connectivity index (χ0) is 51.2. The summed E-state index contributed by atoms with van der Waals surface area (Å²) in [5.74, 6) is -0.279. The molecule has 0 aliphatic carbocycles. The van der Waals surface area contributed by atoms with E-state index in [2.05, 4.69) is 131 Å². The summed E-state index contributed by atoms with van der Waals surface area (Å²) in [4.78, 5) is 77.4. The number of carbonyl (C=O) groups excluding carboxylic acids is 4. The second kappa shape index (κ2) is 18.9. The Bertz CT molecular complexity index is 3380. The van der Waals surface area contributed by atoms with Crippen molar-refractivity contribution in [2.24, 2.45) is 0 Å². The van der Waals surface area contributed by atoms with E-state index >= 15 is 0 Å². The number of rotatable bonds is 8. The van der Waals surface area contributed by atoms with Crippen LogP contribution in [0.5, 0.6) is 0 Å². The molecule has 0 spiro atoms. The standard InChI is InChI=1S/C58H56N10O4/c1-31(69)59-49-27-37(28-50(67-49)60-32(2)70)55-45-23-19-41(63-45)53(35-11-15-39(16-12-35)57(5,6)7)43-21-25-47(65-43)56(38-29-51(61-33(3)71)68-52(30-38)62-34(4)72)48-26-22-44(66-48)54(42-20-24-46(55)64-42)36-13-17-40(18-14-36)58(8,9)10/h11-30,63-64H,1-10H3,(H2,59,60,67,69,70)(H2,61,62,68,71,72). The minimum atomic E-state index is -0.325. The molecule has 2 aliphatic rings. The van der Waals surface area contributed by atoms with Crippen molar-refractivity contribution in [1.29, 1.82) is 0 Å². The van der Waals surface area contributed by atoms with Gasteiger partial charge in [-0.05, 0) is 117 Å². The van der Waals surface area contributed by atoms with Gasteiger partial charge in [-0.1, -0.05) is 90.1 Å². The van der Waals surface area contributed by atoms with Gasteiger partial charge >= 0.3 is 0 Å². The van der Waals surface area contributed by atoms with E-state index in [0.717, 1.165) is 49.9 Å². The molecule has 4 amide bonds. The zero-order valence-corrected chi connectivity index (χ0v) is 42.0. The highest BCUT2D eigenvalue weighted by Crippen LogP contribution is 2.41. The van der Waals surface area contributed by atoms with Gasteiger partial charge in [0.15, 0.2) is 0 Å². The van der Waals surface area contributed by atoms with Gasteiger partial charge in [0.25, 0.3) is 0 Å². The minimum absolute atomic E-state index is 0.0936. The number of aromatic nitrogens is 6. The highest BCUT2D eigenvalue weighted by atomic mass is 16.2. The molecule has 7 aromatic rings. The maximum atomic E-state index is 12.5. The fourth-order valence-corrected chi connectivity index (χ4v) is 9.02. The van der Waals surface area contributed by atoms with Gasteiger partial charge < -0.3 is 31.2 Å². The fraction of sp³-hybridized carbons (Fsp3) is 0.207. The van der Waals surface area contributed by atoms with Crippen LogP contribution < -0.4 is 21.3 Å². The van der Waals surface area contributed by atoms with E-state index in [1.54, 1.807) is 24.3 Å². The number of aromatic amines is 2. The quantitative estimate of drug-likeness (QED) is 0.0864. The summed E-state index contributed by atoms with van der Waals surface area (Å²) in [6, 6.07) is 32.1. The van der Waals surface area contributed by atoms with Crippen LogP contribution >= 0.6 is 0 Å². The smallest absolute Gasteiger partial charge is 0.222 e. The third-order valence-corrected chi connectivity index (χ3v) is 12.3. The lowest BCUT2D eigenvalue weighted by atomic mass is 9.86. The van der Waals surface area contributed by atoms with E-state index in [0.29, 0.717) is 39.5 Å². The second-order valence-electron chi connectivity index (χ2n) is 20.1. The molecule has 0 fully saturated rings. The van der Waals surface area contributed by atoms with Crippen molar-refractivity contribution in [3.63, 3.8) is 0 Å². The zero-order valence-electron chi connectivity index (χ0n) is 42.0. The van der Waals surface area contributed by atoms with Crippen molar-refractivity contribution in [2.45, 2.75) is 80.1 Å². The molecule has 0 atom stereocenters. The van der Waals surface area contributed by atoms with Gasteiger partial charge in [-0.2, -0.15) is 0 Å². The third kappa shape index (κ3) is 10.2. The molecule has 7 heterocycles. The number of benzene rings is 2. The Hall–Kier alpha value is -8.78. The maximum Gasteiger partial charge on any atom is 0.222 e. The molecule has 0 saturated carbocycles. The number of hydrogen-bond donors (Lipinski definition) is 6. The Labute approximate surface area is 417 Å². The van der Waals surface area contributed by atoms with Crippen molar-refractivity contribution < 1.29 is 19.2 Å². The Morgan fingerprint density at radius 1 is 0.361 bits per heavy atom. The normalized spacial score (nSPS) is 12.1. The van der Waals surface area contributed by atoms with E-state index < -0.39 is 0 Å². The number of carbonyl (C=O) groups is 4. The van der Waals surface area contributed by atoms with Crippen LogP contribution in [0.3, 0.4) is 0 Å². The van der Waals surface area contributed by atoms with E-state index in [9.17, 15) is 19.2 Å². The monoisotopic (exact) mass is 956 g/mol. The summed E-state index contributed by atoms with van der Waals surface area (Å²) in [5, 5.41) is 11.3. The number of hydrogen-bond acceptors (Lipinski definition) is 8. The van der Waals surface area contributed by atoms with E-state index in [-0.39, 0.29) is 57.7 Å². The molecular weight excluding hydrogens is 901 g/mol. The molecule has 72 heavy (non-hydrogen) atoms. The van der Waals surface area contributed by atoms with Crippen molar-refractivity contribution in [2.75, 3.05) is 21.3 Å². The lowest BCUT2D eigenvalue weighted by Crippen LogP contribution is -2.12. The summed E-state index contributed by atoms with van der Waals surface area (Å²) < 4.78 is 0. The van der Waals surface area contributed by atoms with Crippen LogP contribution in [0.2, 0.25) is 0 Å². The average Bonchev–Trinajstić information content (AvgIpc) is 4.14. The van der Waals surface area contributed by atoms with Crippen LogP contribution in [0.25, 0.3) is 90.9 Å². The first kappa shape index (κ1) is 48.3. The molecule has 0 radical (unpaired) electrons. The SMILES string of the molecule is CC(=O)Nc1cc(-c2c3nc(c(-c4ccc(C(C)(C)C)cc4)c4ccc([nH]4)c(-c4cc(NC(C)=O)nc(NC(C)=O)c4)c4ccc([nH]4)c(-c4ccc(C(C)(C)C)cc4)c4nc2C=C4)C=C3)cc(NC(C)=O)n1. The van der Waals surface area contributed by atoms with Gasteiger partial charge in [0.1, 0.15) is 23.3 Å². The fourth-order valence-electron chi connectivity index (χ4n) is 9.02. The number of fused-ring (bicyclic) bond motifs is 8. The number of nitrogens with one attached hydrogen (secondary N) is 6. The summed E-state index contributed by atoms with van der Waals surface area (Å²) in [7, 11) is 0. The molecule has 8 bridgehead atoms. The highest BCUT2D eigenvalue weighted by Gasteiger charge is 2.23. The summed E-state index contributed by atoms with van der Waals surface area (Å²) in [6.45, 7) is 18.7. The number of nitrogens with zero attached hydrogens (tertiary/aromatic N) is 4. The second-order valence-corrected chi connectivity index (χ2v) is 20.1. The molecular formula is C58H56N10O4. The van der Waals surface area contributed by atoms with E-state index in [1.165, 1.54) is 38.8 Å². The number of anilines is 4. The third-order valence-electron chi connectivity index (χ3n) is 12.3. The minimum Gasteiger partial charge on any atom is -0.354 e. The van der Waals surface area contributed by atoms with Crippen LogP contribution in [0.1, 0.15) is 103 Å². The first-order chi connectivity index (χ1) is 34.2. The highest BCUT2D eigenvalue weighted by molar-refractivity contribution is 6.02. The predicted octanol–water partition coefficient (Wildman–Crippen LogP) is 12.5. The van der Waals surface area contributed by atoms with E-state index in [4.69, 9.17) is 9.97 Å². The summed E-state index contributed by atoms with van der Waals surface area (Å²) >= 11 is 0. The molecule has 0 saturated heterocycles. The predicted molar refractivity (Wildman–Crippen MR) is 291 cm³/mol. The Kier molecular flexibility index (Phi) is 12.6.